The number of aryl methyl sites for hydroxylation is 7. The highest BCUT2D eigenvalue weighted by molar-refractivity contribution is 7.92. The first-order valence-electron chi connectivity index (χ1n) is 44.8. The second kappa shape index (κ2) is 44.1. The molecule has 11 N–H and O–H groups in total. The minimum absolute atomic E-state index is 0.0687. The molecule has 2 saturated heterocycles. The molecule has 0 bridgehead atoms. The number of nitrogens with zero attached hydrogens (tertiary/aromatic N) is 12. The van der Waals surface area contributed by atoms with Crippen molar-refractivity contribution in [3.8, 4) is 5.69 Å². The van der Waals surface area contributed by atoms with Crippen LogP contribution in [-0.4, -0.2) is 151 Å². The van der Waals surface area contributed by atoms with Gasteiger partial charge in [-0.15, -0.1) is 0 Å². The largest absolute Gasteiger partial charge is 0.371 e. The summed E-state index contributed by atoms with van der Waals surface area (Å²) in [5.74, 6) is 7.01. The van der Waals surface area contributed by atoms with Crippen molar-refractivity contribution in [2.24, 2.45) is 11.3 Å². The van der Waals surface area contributed by atoms with Crippen LogP contribution in [0.5, 0.6) is 0 Å². The average Bonchev–Trinajstić information content (AvgIpc) is 1.34. The number of benzene rings is 5. The third-order valence-corrected chi connectivity index (χ3v) is 26.2. The molecule has 2 aliphatic heterocycles. The van der Waals surface area contributed by atoms with E-state index in [2.05, 4.69) is 196 Å². The van der Waals surface area contributed by atoms with Crippen LogP contribution < -0.4 is 63.4 Å². The molecule has 0 spiro atoms. The normalized spacial score (nSPS) is 13.5. The van der Waals surface area contributed by atoms with Gasteiger partial charge < -0.3 is 68.0 Å². The van der Waals surface area contributed by atoms with E-state index in [1.807, 2.05) is 198 Å². The predicted octanol–water partition coefficient (Wildman–Crippen LogP) is 21.5. The molecule has 0 saturated carbocycles. The second-order valence-electron chi connectivity index (χ2n) is 40.1. The molecular formula is C99H141N23O6S3. The molecule has 8 heterocycles. The Morgan fingerprint density at radius 1 is 0.359 bits per heavy atom. The third kappa shape index (κ3) is 33.9. The van der Waals surface area contributed by atoms with Crippen molar-refractivity contribution in [3.05, 3.63) is 204 Å². The fourth-order valence-electron chi connectivity index (χ4n) is 13.7. The predicted molar refractivity (Wildman–Crippen MR) is 541 cm³/mol. The second-order valence-corrected chi connectivity index (χ2v) is 46.3. The molecule has 2 aliphatic rings. The van der Waals surface area contributed by atoms with Crippen molar-refractivity contribution in [2.75, 3.05) is 102 Å². The molecule has 0 amide bonds. The van der Waals surface area contributed by atoms with Gasteiger partial charge in [0.15, 0.2) is 29.5 Å². The molecule has 0 aliphatic carbocycles. The first kappa shape index (κ1) is 103. The average molecular weight is 1850 g/mol. The van der Waals surface area contributed by atoms with E-state index in [1.54, 1.807) is 68.8 Å². The van der Waals surface area contributed by atoms with E-state index in [9.17, 15) is 25.3 Å². The van der Waals surface area contributed by atoms with Crippen LogP contribution in [-0.2, 0) is 29.5 Å². The highest BCUT2D eigenvalue weighted by atomic mass is 32.2. The molecule has 13 rings (SSSR count). The standard InChI is InChI=1S/C21H31N5O2S.C21H32N4O2S.C20H29N5.C19H23N5.C18H26N4O2S/c1-15-13-23-20(26-21(2,3)4)25-19(15)24-17-6-5-7-18(12-17)29(27,28)14-16-8-10-22-11-9-16;1-14-9-10-16(11-17(14)28(26,27)13-20(3,4)5)23-18-15(2)12-22-19(24-18)25-21(6,7)8;1-15-14-21-19(24-20(2,3)4)23-18(15)22-16-9-8-10-17(13-16)25-11-6-5-7-12-25;1-14-13-20-18(23-19(2,3)4)22-17(14)21-15-8-7-9-16(12-15)24-10-5-6-11-24;1-7-25(23,24)15-10-14(9-8-12(15)2)20-16-13(3)11-19-17(21-16)22-18(4,5)6/h5-7,12-13,16,22H,8-11,14H2,1-4H3,(H2,23,24,25,26);9-12H,13H2,1-8H3,(H2,22,23,24,25);8-10,13-14H,5-7,11-12H2,1-4H3,(H2,21,22,23,24);5-13H,1-4H3,(H2,20,21,22,23);8-11H,7H2,1-6H3,(H2,19,20,21,22). The van der Waals surface area contributed by atoms with Crippen LogP contribution in [0.25, 0.3) is 5.69 Å². The quantitative estimate of drug-likeness (QED) is 0.0268. The Labute approximate surface area is 779 Å². The summed E-state index contributed by atoms with van der Waals surface area (Å²) in [5.41, 5.74) is 11.7. The van der Waals surface area contributed by atoms with Crippen molar-refractivity contribution in [2.45, 2.75) is 255 Å². The fraction of sp³-hybridized carbons (Fsp3) is 0.455. The van der Waals surface area contributed by atoms with Gasteiger partial charge in [0.1, 0.15) is 29.1 Å². The minimum Gasteiger partial charge on any atom is -0.371 e. The molecule has 6 aromatic heterocycles. The molecule has 131 heavy (non-hydrogen) atoms. The van der Waals surface area contributed by atoms with E-state index in [4.69, 9.17) is 0 Å². The van der Waals surface area contributed by atoms with Gasteiger partial charge in [0.25, 0.3) is 0 Å². The van der Waals surface area contributed by atoms with Gasteiger partial charge in [-0.2, -0.15) is 24.9 Å². The van der Waals surface area contributed by atoms with Gasteiger partial charge >= 0.3 is 0 Å². The molecular weight excluding hydrogens is 1700 g/mol. The maximum absolute atomic E-state index is 12.9. The lowest BCUT2D eigenvalue weighted by Crippen LogP contribution is -2.31. The number of piperidine rings is 2. The lowest BCUT2D eigenvalue weighted by atomic mass is 10.0. The molecule has 5 aromatic carbocycles. The van der Waals surface area contributed by atoms with E-state index in [1.165, 1.54) is 24.9 Å². The first-order chi connectivity index (χ1) is 61.1. The van der Waals surface area contributed by atoms with Gasteiger partial charge in [0.2, 0.25) is 29.7 Å². The Morgan fingerprint density at radius 2 is 0.679 bits per heavy atom. The zero-order chi connectivity index (χ0) is 96.2. The summed E-state index contributed by atoms with van der Waals surface area (Å²) in [6, 6.07) is 38.5. The molecule has 2 fully saturated rings. The lowest BCUT2D eigenvalue weighted by Gasteiger charge is -2.29. The third-order valence-electron chi connectivity index (χ3n) is 20.1. The summed E-state index contributed by atoms with van der Waals surface area (Å²) >= 11 is 0. The fourth-order valence-corrected chi connectivity index (χ4v) is 18.8. The Bertz CT molecular complexity index is 6000. The molecule has 0 atom stereocenters. The molecule has 0 radical (unpaired) electrons. The summed E-state index contributed by atoms with van der Waals surface area (Å²) in [7, 11) is -9.99. The topological polar surface area (TPSA) is 372 Å². The van der Waals surface area contributed by atoms with E-state index in [0.29, 0.717) is 78.9 Å². The Hall–Kier alpha value is -11.6. The number of hydrogen-bond donors (Lipinski definition) is 11. The van der Waals surface area contributed by atoms with E-state index < -0.39 is 29.5 Å². The monoisotopic (exact) mass is 1840 g/mol. The molecule has 29 nitrogen and oxygen atoms in total. The number of hydrogen-bond acceptors (Lipinski definition) is 28. The maximum Gasteiger partial charge on any atom is 0.225 e. The van der Waals surface area contributed by atoms with E-state index >= 15 is 0 Å². The maximum atomic E-state index is 12.9. The van der Waals surface area contributed by atoms with Crippen LogP contribution in [0.1, 0.15) is 203 Å². The van der Waals surface area contributed by atoms with Gasteiger partial charge in [-0.25, -0.2) is 50.2 Å². The van der Waals surface area contributed by atoms with Crippen LogP contribution in [0.2, 0.25) is 0 Å². The van der Waals surface area contributed by atoms with Crippen LogP contribution in [0.4, 0.5) is 93.0 Å². The number of rotatable bonds is 24. The van der Waals surface area contributed by atoms with Gasteiger partial charge in [0.05, 0.1) is 31.9 Å². The van der Waals surface area contributed by atoms with Crippen molar-refractivity contribution in [3.63, 3.8) is 0 Å². The van der Waals surface area contributed by atoms with Crippen molar-refractivity contribution >= 4 is 122 Å². The van der Waals surface area contributed by atoms with Crippen LogP contribution in [0.3, 0.4) is 0 Å². The van der Waals surface area contributed by atoms with E-state index in [-0.39, 0.29) is 56.3 Å². The molecule has 32 heteroatoms. The highest BCUT2D eigenvalue weighted by Crippen LogP contribution is 2.34. The number of sulfone groups is 3. The summed E-state index contributed by atoms with van der Waals surface area (Å²) in [4.78, 5) is 48.0. The van der Waals surface area contributed by atoms with Gasteiger partial charge in [0, 0.05) is 152 Å². The molecule has 706 valence electrons. The Kier molecular flexibility index (Phi) is 34.7. The Morgan fingerprint density at radius 3 is 1.02 bits per heavy atom. The number of aromatic nitrogens is 11. The summed E-state index contributed by atoms with van der Waals surface area (Å²) in [5, 5.41) is 36.2. The zero-order valence-electron chi connectivity index (χ0n) is 81.7. The number of anilines is 16. The SMILES string of the molecule is CCS(=O)(=O)c1cc(Nc2nc(NC(C)(C)C)ncc2C)ccc1C.Cc1ccc(Nc2nc(NC(C)(C)C)ncc2C)cc1S(=O)(=O)CC(C)(C)C.Cc1cnc(NC(C)(C)C)nc1Nc1cccc(-n2cccc2)c1.Cc1cnc(NC(C)(C)C)nc1Nc1cccc(N2CCCCC2)c1.Cc1cnc(NC(C)(C)C)nc1Nc1cccc(S(=O)(=O)CC2CCNCC2)c1. The molecule has 11 aromatic rings. The Balaban J connectivity index is 0.000000185. The van der Waals surface area contributed by atoms with Crippen molar-refractivity contribution < 1.29 is 25.3 Å². The van der Waals surface area contributed by atoms with Gasteiger partial charge in [-0.05, 0) is 311 Å². The van der Waals surface area contributed by atoms with Crippen molar-refractivity contribution in [1.82, 2.24) is 59.7 Å². The first-order valence-corrected chi connectivity index (χ1v) is 49.8. The molecule has 0 unspecified atom stereocenters. The van der Waals surface area contributed by atoms with Crippen molar-refractivity contribution in [1.29, 1.82) is 0 Å². The highest BCUT2D eigenvalue weighted by Gasteiger charge is 2.28. The minimum atomic E-state index is -3.39. The van der Waals surface area contributed by atoms with Crippen LogP contribution in [0, 0.1) is 59.8 Å². The smallest absolute Gasteiger partial charge is 0.225 e. The van der Waals surface area contributed by atoms with Gasteiger partial charge in [-0.3, -0.25) is 0 Å². The van der Waals surface area contributed by atoms with Crippen LogP contribution >= 0.6 is 0 Å². The van der Waals surface area contributed by atoms with Crippen LogP contribution in [0.15, 0.2) is 179 Å². The lowest BCUT2D eigenvalue weighted by molar-refractivity contribution is 0.401. The summed E-state index contributed by atoms with van der Waals surface area (Å²) in [6.45, 7) is 55.8. The van der Waals surface area contributed by atoms with Gasteiger partial charge in [-0.1, -0.05) is 58.0 Å². The summed E-state index contributed by atoms with van der Waals surface area (Å²) < 4.78 is 78.1. The zero-order valence-corrected chi connectivity index (χ0v) is 84.1. The number of nitrogens with one attached hydrogen (secondary N) is 11. The van der Waals surface area contributed by atoms with E-state index in [0.717, 1.165) is 107 Å². The summed E-state index contributed by atoms with van der Waals surface area (Å²) in [6.07, 6.45) is 18.7.